The Bertz CT molecular complexity index is 847. The number of allylic oxidation sites excluding steroid dienone is 1. The molecule has 1 heterocycles. The molecule has 3 rings (SSSR count). The molecule has 4 nitrogen and oxygen atoms in total. The van der Waals surface area contributed by atoms with Crippen molar-refractivity contribution < 1.29 is 9.53 Å². The zero-order valence-corrected chi connectivity index (χ0v) is 17.7. The van der Waals surface area contributed by atoms with Gasteiger partial charge in [0, 0.05) is 12.1 Å². The van der Waals surface area contributed by atoms with Gasteiger partial charge in [-0.1, -0.05) is 74.0 Å². The highest BCUT2D eigenvalue weighted by Crippen LogP contribution is 2.26. The highest BCUT2D eigenvalue weighted by molar-refractivity contribution is 7.80. The van der Waals surface area contributed by atoms with Gasteiger partial charge in [0.25, 0.3) is 0 Å². The fourth-order valence-corrected chi connectivity index (χ4v) is 3.28. The summed E-state index contributed by atoms with van der Waals surface area (Å²) in [6, 6.07) is 17.8. The smallest absolute Gasteiger partial charge is 0.336 e. The Hall–Kier alpha value is -2.66. The molecule has 0 bridgehead atoms. The monoisotopic (exact) mass is 396 g/mol. The number of hydrogen-bond donors (Lipinski definition) is 2. The second-order valence-corrected chi connectivity index (χ2v) is 6.84. The zero-order valence-electron chi connectivity index (χ0n) is 16.9. The van der Waals surface area contributed by atoms with Crippen molar-refractivity contribution in [2.45, 2.75) is 46.8 Å². The van der Waals surface area contributed by atoms with Gasteiger partial charge in [0.2, 0.25) is 0 Å². The number of thiocarbonyl (C=S) groups is 1. The molecule has 0 radical (unpaired) electrons. The van der Waals surface area contributed by atoms with Gasteiger partial charge in [-0.2, -0.15) is 0 Å². The molecule has 148 valence electrons. The summed E-state index contributed by atoms with van der Waals surface area (Å²) < 4.78 is 5.53. The molecule has 1 unspecified atom stereocenters. The van der Waals surface area contributed by atoms with E-state index in [0.29, 0.717) is 17.1 Å². The summed E-state index contributed by atoms with van der Waals surface area (Å²) in [6.07, 6.45) is 0.510. The van der Waals surface area contributed by atoms with Crippen LogP contribution >= 0.6 is 12.2 Å². The van der Waals surface area contributed by atoms with Crippen LogP contribution in [0.25, 0.3) is 0 Å². The average molecular weight is 397 g/mol. The first-order valence-corrected chi connectivity index (χ1v) is 9.98. The van der Waals surface area contributed by atoms with Gasteiger partial charge in [-0.05, 0) is 37.2 Å². The van der Waals surface area contributed by atoms with Crippen molar-refractivity contribution in [3.63, 3.8) is 0 Å². The number of carbonyl (C=O) groups is 1. The van der Waals surface area contributed by atoms with E-state index < -0.39 is 0 Å². The summed E-state index contributed by atoms with van der Waals surface area (Å²) >= 11 is 5.35. The highest BCUT2D eigenvalue weighted by atomic mass is 32.1. The SMILES string of the molecule is CC.CC1=C(C(=O)OCc2ccccc2)CC(c2cccc(C)c2)NC(=S)N1. The third-order valence-corrected chi connectivity index (χ3v) is 4.59. The fraction of sp³-hybridized carbons (Fsp3) is 0.304. The highest BCUT2D eigenvalue weighted by Gasteiger charge is 2.25. The molecule has 1 aliphatic heterocycles. The second-order valence-electron chi connectivity index (χ2n) is 6.43. The predicted molar refractivity (Wildman–Crippen MR) is 118 cm³/mol. The number of esters is 1. The summed E-state index contributed by atoms with van der Waals surface area (Å²) in [4.78, 5) is 12.7. The number of ether oxygens (including phenoxy) is 1. The second kappa shape index (κ2) is 10.6. The van der Waals surface area contributed by atoms with E-state index in [9.17, 15) is 4.79 Å². The van der Waals surface area contributed by atoms with Crippen molar-refractivity contribution in [3.05, 3.63) is 82.6 Å². The van der Waals surface area contributed by atoms with Crippen molar-refractivity contribution >= 4 is 23.3 Å². The van der Waals surface area contributed by atoms with Gasteiger partial charge < -0.3 is 15.4 Å². The molecular formula is C23H28N2O2S. The first-order chi connectivity index (χ1) is 13.5. The van der Waals surface area contributed by atoms with Crippen LogP contribution in [0.15, 0.2) is 65.9 Å². The number of nitrogens with one attached hydrogen (secondary N) is 2. The van der Waals surface area contributed by atoms with Gasteiger partial charge in [-0.15, -0.1) is 0 Å². The molecule has 0 spiro atoms. The van der Waals surface area contributed by atoms with E-state index in [1.54, 1.807) is 0 Å². The first kappa shape index (κ1) is 21.6. The molecule has 2 aromatic rings. The van der Waals surface area contributed by atoms with E-state index in [1.807, 2.05) is 76.2 Å². The minimum Gasteiger partial charge on any atom is -0.457 e. The Morgan fingerprint density at radius 3 is 2.50 bits per heavy atom. The number of rotatable bonds is 4. The van der Waals surface area contributed by atoms with E-state index in [2.05, 4.69) is 16.7 Å². The van der Waals surface area contributed by atoms with Crippen LogP contribution < -0.4 is 10.6 Å². The number of hydrogen-bond acceptors (Lipinski definition) is 3. The summed E-state index contributed by atoms with van der Waals surface area (Å²) in [5.74, 6) is -0.317. The molecule has 0 saturated carbocycles. The summed E-state index contributed by atoms with van der Waals surface area (Å²) in [7, 11) is 0. The van der Waals surface area contributed by atoms with Crippen LogP contribution in [0.3, 0.4) is 0 Å². The number of aryl methyl sites for hydroxylation is 1. The van der Waals surface area contributed by atoms with Crippen LogP contribution in [0.2, 0.25) is 0 Å². The topological polar surface area (TPSA) is 50.4 Å². The third kappa shape index (κ3) is 5.92. The maximum atomic E-state index is 12.7. The van der Waals surface area contributed by atoms with Gasteiger partial charge in [-0.3, -0.25) is 0 Å². The van der Waals surface area contributed by atoms with Gasteiger partial charge in [-0.25, -0.2) is 4.79 Å². The van der Waals surface area contributed by atoms with E-state index in [4.69, 9.17) is 17.0 Å². The van der Waals surface area contributed by atoms with Gasteiger partial charge >= 0.3 is 5.97 Å². The Kier molecular flexibility index (Phi) is 8.20. The molecule has 0 aromatic heterocycles. The lowest BCUT2D eigenvalue weighted by atomic mass is 9.97. The van der Waals surface area contributed by atoms with Gasteiger partial charge in [0.15, 0.2) is 5.11 Å². The zero-order chi connectivity index (χ0) is 20.5. The van der Waals surface area contributed by atoms with Crippen LogP contribution in [0.1, 0.15) is 49.9 Å². The molecule has 0 amide bonds. The first-order valence-electron chi connectivity index (χ1n) is 9.58. The molecule has 0 aliphatic carbocycles. The summed E-state index contributed by atoms with van der Waals surface area (Å²) in [5, 5.41) is 6.88. The standard InChI is InChI=1S/C21H22N2O2S.C2H6/c1-14-7-6-10-17(11-14)19-12-18(15(2)22-21(26)23-19)20(24)25-13-16-8-4-3-5-9-16;1-2/h3-11,19H,12-13H2,1-2H3,(H2,22,23,26);1-2H3. The third-order valence-electron chi connectivity index (χ3n) is 4.37. The Morgan fingerprint density at radius 2 is 1.82 bits per heavy atom. The largest absolute Gasteiger partial charge is 0.457 e. The number of benzene rings is 2. The quantitative estimate of drug-likeness (QED) is 0.566. The van der Waals surface area contributed by atoms with Crippen LogP contribution in [0, 0.1) is 6.92 Å². The fourth-order valence-electron chi connectivity index (χ4n) is 2.98. The van der Waals surface area contributed by atoms with Crippen molar-refractivity contribution in [1.82, 2.24) is 10.6 Å². The predicted octanol–water partition coefficient (Wildman–Crippen LogP) is 4.95. The lowest BCUT2D eigenvalue weighted by Gasteiger charge is -2.19. The molecular weight excluding hydrogens is 368 g/mol. The van der Waals surface area contributed by atoms with Gasteiger partial charge in [0.05, 0.1) is 11.6 Å². The Labute approximate surface area is 173 Å². The Balaban J connectivity index is 0.00000136. The summed E-state index contributed by atoms with van der Waals surface area (Å²) in [5.41, 5.74) is 4.57. The lowest BCUT2D eigenvalue weighted by Crippen LogP contribution is -2.34. The van der Waals surface area contributed by atoms with Crippen LogP contribution in [0.5, 0.6) is 0 Å². The molecule has 1 atom stereocenters. The van der Waals surface area contributed by atoms with Gasteiger partial charge in [0.1, 0.15) is 6.61 Å². The Morgan fingerprint density at radius 1 is 1.11 bits per heavy atom. The van der Waals surface area contributed by atoms with Crippen molar-refractivity contribution in [2.75, 3.05) is 0 Å². The summed E-state index contributed by atoms with van der Waals surface area (Å²) in [6.45, 7) is 8.15. The normalized spacial score (nSPS) is 16.1. The molecule has 0 fully saturated rings. The van der Waals surface area contributed by atoms with E-state index in [0.717, 1.165) is 16.8 Å². The molecule has 28 heavy (non-hydrogen) atoms. The van der Waals surface area contributed by atoms with Crippen LogP contribution in [-0.2, 0) is 16.1 Å². The lowest BCUT2D eigenvalue weighted by molar-refractivity contribution is -0.140. The van der Waals surface area contributed by atoms with E-state index >= 15 is 0 Å². The minimum atomic E-state index is -0.317. The van der Waals surface area contributed by atoms with Crippen molar-refractivity contribution in [3.8, 4) is 0 Å². The van der Waals surface area contributed by atoms with Crippen molar-refractivity contribution in [2.24, 2.45) is 0 Å². The molecule has 2 N–H and O–H groups in total. The van der Waals surface area contributed by atoms with Crippen LogP contribution in [-0.4, -0.2) is 11.1 Å². The average Bonchev–Trinajstić information content (AvgIpc) is 2.86. The minimum absolute atomic E-state index is 0.0772. The molecule has 5 heteroatoms. The van der Waals surface area contributed by atoms with E-state index in [-0.39, 0.29) is 18.6 Å². The van der Waals surface area contributed by atoms with Crippen molar-refractivity contribution in [1.29, 1.82) is 0 Å². The molecule has 1 aliphatic rings. The maximum Gasteiger partial charge on any atom is 0.336 e. The maximum absolute atomic E-state index is 12.7. The number of carbonyl (C=O) groups excluding carboxylic acids is 1. The molecule has 0 saturated heterocycles. The van der Waals surface area contributed by atoms with Crippen LogP contribution in [0.4, 0.5) is 0 Å². The molecule has 2 aromatic carbocycles. The van der Waals surface area contributed by atoms with E-state index in [1.165, 1.54) is 5.56 Å².